The predicted octanol–water partition coefficient (Wildman–Crippen LogP) is 3.54. The lowest BCUT2D eigenvalue weighted by atomic mass is 10.1. The number of aliphatic hydroxyl groups excluding tert-OH is 1. The quantitative estimate of drug-likeness (QED) is 0.748. The molecule has 0 radical (unpaired) electrons. The maximum atomic E-state index is 11.3. The molecule has 0 aromatic heterocycles. The standard InChI is InChI=1S/C13H30O2Si/c1-10(9-14)11(2)16(15,12(3,4)5)13(6,7)8/h10-11,14-15H,9H2,1-8H3/t10-,11-/m1/s1. The van der Waals surface area contributed by atoms with Crippen LogP contribution in [-0.4, -0.2) is 24.8 Å². The van der Waals surface area contributed by atoms with Crippen molar-refractivity contribution in [1.82, 2.24) is 0 Å². The number of hydrogen-bond donors (Lipinski definition) is 2. The summed E-state index contributed by atoms with van der Waals surface area (Å²) in [7, 11) is -2.50. The minimum absolute atomic E-state index is 0.0753. The summed E-state index contributed by atoms with van der Waals surface area (Å²) in [5.74, 6) is 0.162. The first-order chi connectivity index (χ1) is 6.89. The van der Waals surface area contributed by atoms with E-state index in [0.29, 0.717) is 0 Å². The number of aliphatic hydroxyl groups is 1. The van der Waals surface area contributed by atoms with E-state index in [1.807, 2.05) is 6.92 Å². The molecule has 2 atom stereocenters. The van der Waals surface area contributed by atoms with Crippen LogP contribution in [0.15, 0.2) is 0 Å². The molecular weight excluding hydrogens is 216 g/mol. The second-order valence-corrected chi connectivity index (χ2v) is 12.7. The molecule has 0 aliphatic heterocycles. The fourth-order valence-electron chi connectivity index (χ4n) is 3.06. The topological polar surface area (TPSA) is 40.5 Å². The third-order valence-electron chi connectivity index (χ3n) is 4.09. The number of hydrogen-bond acceptors (Lipinski definition) is 2. The molecule has 3 heteroatoms. The van der Waals surface area contributed by atoms with Crippen molar-refractivity contribution < 1.29 is 9.90 Å². The first-order valence-corrected chi connectivity index (χ1v) is 8.25. The zero-order valence-corrected chi connectivity index (χ0v) is 13.3. The van der Waals surface area contributed by atoms with Gasteiger partial charge in [0.1, 0.15) is 0 Å². The van der Waals surface area contributed by atoms with Crippen molar-refractivity contribution in [2.75, 3.05) is 6.61 Å². The number of rotatable bonds is 3. The van der Waals surface area contributed by atoms with E-state index >= 15 is 0 Å². The molecule has 0 aliphatic rings. The van der Waals surface area contributed by atoms with Gasteiger partial charge in [-0.05, 0) is 21.5 Å². The maximum absolute atomic E-state index is 11.3. The summed E-state index contributed by atoms with van der Waals surface area (Å²) in [6, 6.07) is 0. The Hall–Kier alpha value is 0.137. The molecule has 0 saturated carbocycles. The highest BCUT2D eigenvalue weighted by Crippen LogP contribution is 2.56. The van der Waals surface area contributed by atoms with Crippen LogP contribution in [0.3, 0.4) is 0 Å². The predicted molar refractivity (Wildman–Crippen MR) is 73.1 cm³/mol. The zero-order valence-electron chi connectivity index (χ0n) is 12.3. The summed E-state index contributed by atoms with van der Waals surface area (Å²) in [5.41, 5.74) is 0.192. The second-order valence-electron chi connectivity index (χ2n) is 7.21. The van der Waals surface area contributed by atoms with Crippen molar-refractivity contribution in [3.63, 3.8) is 0 Å². The van der Waals surface area contributed by atoms with Crippen molar-refractivity contribution in [3.8, 4) is 0 Å². The van der Waals surface area contributed by atoms with Gasteiger partial charge in [-0.3, -0.25) is 0 Å². The molecule has 2 N–H and O–H groups in total. The Morgan fingerprint density at radius 2 is 1.25 bits per heavy atom. The highest BCUT2D eigenvalue weighted by atomic mass is 28.4. The lowest BCUT2D eigenvalue weighted by molar-refractivity contribution is 0.220. The minimum atomic E-state index is -2.50. The van der Waals surface area contributed by atoms with Crippen molar-refractivity contribution in [3.05, 3.63) is 0 Å². The highest BCUT2D eigenvalue weighted by molar-refractivity contribution is 6.79. The minimum Gasteiger partial charge on any atom is -0.430 e. The van der Waals surface area contributed by atoms with Gasteiger partial charge in [-0.15, -0.1) is 0 Å². The molecule has 0 spiro atoms. The summed E-state index contributed by atoms with van der Waals surface area (Å²) in [4.78, 5) is 11.3. The molecule has 0 rings (SSSR count). The Morgan fingerprint density at radius 1 is 0.938 bits per heavy atom. The Balaban J connectivity index is 5.44. The Labute approximate surface area is 102 Å². The normalized spacial score (nSPS) is 18.4. The van der Waals surface area contributed by atoms with Gasteiger partial charge in [0.2, 0.25) is 8.32 Å². The molecule has 0 heterocycles. The van der Waals surface area contributed by atoms with Crippen LogP contribution in [0, 0.1) is 5.92 Å². The fourth-order valence-corrected chi connectivity index (χ4v) is 8.97. The van der Waals surface area contributed by atoms with E-state index in [-0.39, 0.29) is 28.1 Å². The summed E-state index contributed by atoms with van der Waals surface area (Å²) in [5, 5.41) is 9.16. The van der Waals surface area contributed by atoms with Crippen molar-refractivity contribution >= 4 is 8.32 Å². The molecule has 0 bridgehead atoms. The molecule has 98 valence electrons. The monoisotopic (exact) mass is 246 g/mol. The summed E-state index contributed by atoms with van der Waals surface area (Å²) in [6.07, 6.45) is 0. The van der Waals surface area contributed by atoms with Gasteiger partial charge in [0.15, 0.2) is 0 Å². The van der Waals surface area contributed by atoms with E-state index in [4.69, 9.17) is 0 Å². The van der Waals surface area contributed by atoms with E-state index in [0.717, 1.165) is 0 Å². The smallest absolute Gasteiger partial charge is 0.202 e. The van der Waals surface area contributed by atoms with Crippen LogP contribution in [0.2, 0.25) is 15.6 Å². The van der Waals surface area contributed by atoms with E-state index in [9.17, 15) is 9.90 Å². The summed E-state index contributed by atoms with van der Waals surface area (Å²) < 4.78 is 0. The van der Waals surface area contributed by atoms with Gasteiger partial charge < -0.3 is 9.90 Å². The van der Waals surface area contributed by atoms with E-state index < -0.39 is 8.32 Å². The molecular formula is C13H30O2Si. The van der Waals surface area contributed by atoms with Crippen LogP contribution in [-0.2, 0) is 0 Å². The molecule has 0 aliphatic carbocycles. The Bertz CT molecular complexity index is 211. The third-order valence-corrected chi connectivity index (χ3v) is 10.5. The zero-order chi connectivity index (χ0) is 13.4. The molecule has 0 saturated heterocycles. The highest BCUT2D eigenvalue weighted by Gasteiger charge is 2.56. The van der Waals surface area contributed by atoms with Gasteiger partial charge in [0.25, 0.3) is 0 Å². The van der Waals surface area contributed by atoms with Crippen molar-refractivity contribution in [2.24, 2.45) is 5.92 Å². The van der Waals surface area contributed by atoms with E-state index in [2.05, 4.69) is 48.5 Å². The second kappa shape index (κ2) is 4.79. The lowest BCUT2D eigenvalue weighted by Gasteiger charge is -2.52. The van der Waals surface area contributed by atoms with Crippen LogP contribution in [0.5, 0.6) is 0 Å². The van der Waals surface area contributed by atoms with Gasteiger partial charge in [-0.1, -0.05) is 55.4 Å². The van der Waals surface area contributed by atoms with Gasteiger partial charge in [-0.2, -0.15) is 0 Å². The molecule has 2 nitrogen and oxygen atoms in total. The molecule has 0 unspecified atom stereocenters. The molecule has 0 amide bonds. The van der Waals surface area contributed by atoms with Crippen LogP contribution < -0.4 is 0 Å². The van der Waals surface area contributed by atoms with Crippen molar-refractivity contribution in [2.45, 2.75) is 71.0 Å². The third kappa shape index (κ3) is 2.69. The van der Waals surface area contributed by atoms with E-state index in [1.165, 1.54) is 0 Å². The molecule has 16 heavy (non-hydrogen) atoms. The Kier molecular flexibility index (Phi) is 4.83. The van der Waals surface area contributed by atoms with Crippen LogP contribution in [0.1, 0.15) is 55.4 Å². The SMILES string of the molecule is C[C@H](CO)[C@@H](C)[Si](O)(C(C)(C)C)C(C)(C)C. The summed E-state index contributed by atoms with van der Waals surface area (Å²) >= 11 is 0. The van der Waals surface area contributed by atoms with Gasteiger partial charge in [0.05, 0.1) is 0 Å². The average Bonchev–Trinajstić information content (AvgIpc) is 2.10. The van der Waals surface area contributed by atoms with Gasteiger partial charge >= 0.3 is 0 Å². The van der Waals surface area contributed by atoms with Crippen molar-refractivity contribution in [1.29, 1.82) is 0 Å². The largest absolute Gasteiger partial charge is 0.430 e. The molecule has 0 fully saturated rings. The fraction of sp³-hybridized carbons (Fsp3) is 1.00. The molecule has 0 aromatic rings. The lowest BCUT2D eigenvalue weighted by Crippen LogP contribution is -2.56. The van der Waals surface area contributed by atoms with Crippen LogP contribution in [0.25, 0.3) is 0 Å². The Morgan fingerprint density at radius 3 is 1.44 bits per heavy atom. The summed E-state index contributed by atoms with van der Waals surface area (Å²) in [6.45, 7) is 17.1. The molecule has 0 aromatic carbocycles. The van der Waals surface area contributed by atoms with Crippen LogP contribution >= 0.6 is 0 Å². The first-order valence-electron chi connectivity index (χ1n) is 6.22. The first kappa shape index (κ1) is 16.1. The van der Waals surface area contributed by atoms with Crippen LogP contribution in [0.4, 0.5) is 0 Å². The average molecular weight is 246 g/mol. The van der Waals surface area contributed by atoms with Gasteiger partial charge in [0, 0.05) is 6.61 Å². The van der Waals surface area contributed by atoms with Gasteiger partial charge in [-0.25, -0.2) is 0 Å². The van der Waals surface area contributed by atoms with E-state index in [1.54, 1.807) is 0 Å². The maximum Gasteiger partial charge on any atom is 0.202 e.